The molecule has 4 nitrogen and oxygen atoms in total. The van der Waals surface area contributed by atoms with Gasteiger partial charge < -0.3 is 0 Å². The minimum Gasteiger partial charge on any atom is -0.244 e. The third-order valence-corrected chi connectivity index (χ3v) is 5.09. The third kappa shape index (κ3) is 2.32. The van der Waals surface area contributed by atoms with E-state index in [4.69, 9.17) is 0 Å². The molecule has 0 aliphatic carbocycles. The number of sulfonamides is 1. The van der Waals surface area contributed by atoms with E-state index >= 15 is 0 Å². The van der Waals surface area contributed by atoms with Gasteiger partial charge in [-0.1, -0.05) is 17.7 Å². The summed E-state index contributed by atoms with van der Waals surface area (Å²) in [5.74, 6) is 0. The average Bonchev–Trinajstić information content (AvgIpc) is 2.82. The summed E-state index contributed by atoms with van der Waals surface area (Å²) in [6.45, 7) is 1.92. The van der Waals surface area contributed by atoms with E-state index < -0.39 is 10.0 Å². The van der Waals surface area contributed by atoms with Crippen molar-refractivity contribution in [2.75, 3.05) is 11.4 Å². The number of thiazole rings is 1. The molecule has 17 heavy (non-hydrogen) atoms. The molecule has 2 aromatic rings. The van der Waals surface area contributed by atoms with Crippen molar-refractivity contribution >= 4 is 26.5 Å². The molecule has 0 saturated carbocycles. The summed E-state index contributed by atoms with van der Waals surface area (Å²) < 4.78 is 25.7. The van der Waals surface area contributed by atoms with E-state index in [0.717, 1.165) is 5.56 Å². The van der Waals surface area contributed by atoms with E-state index in [1.165, 1.54) is 22.7 Å². The van der Waals surface area contributed by atoms with E-state index in [9.17, 15) is 8.42 Å². The van der Waals surface area contributed by atoms with Crippen LogP contribution in [0.25, 0.3) is 0 Å². The molecule has 1 aromatic carbocycles. The summed E-state index contributed by atoms with van der Waals surface area (Å²) in [4.78, 5) is 4.27. The zero-order valence-electron chi connectivity index (χ0n) is 9.49. The Kier molecular flexibility index (Phi) is 3.17. The van der Waals surface area contributed by atoms with Crippen LogP contribution in [0.1, 0.15) is 5.56 Å². The van der Waals surface area contributed by atoms with Gasteiger partial charge in [0, 0.05) is 18.6 Å². The zero-order valence-corrected chi connectivity index (χ0v) is 11.1. The zero-order chi connectivity index (χ0) is 12.5. The minimum absolute atomic E-state index is 0.279. The maximum atomic E-state index is 12.2. The standard InChI is InChI=1S/C11H12N2O2S2/c1-9-3-5-10(6-4-9)17(14,15)13(2)11-12-7-8-16-11/h3-8H,1-2H3. The summed E-state index contributed by atoms with van der Waals surface area (Å²) in [6.07, 6.45) is 1.58. The summed E-state index contributed by atoms with van der Waals surface area (Å²) in [6, 6.07) is 6.77. The molecule has 1 aromatic heterocycles. The molecule has 6 heteroatoms. The smallest absolute Gasteiger partial charge is 0.244 e. The molecule has 1 heterocycles. The Morgan fingerprint density at radius 2 is 1.88 bits per heavy atom. The molecule has 0 aliphatic rings. The first kappa shape index (κ1) is 12.1. The maximum absolute atomic E-state index is 12.2. The summed E-state index contributed by atoms with van der Waals surface area (Å²) >= 11 is 1.29. The highest BCUT2D eigenvalue weighted by Gasteiger charge is 2.22. The summed E-state index contributed by atoms with van der Waals surface area (Å²) in [7, 11) is -1.99. The fourth-order valence-electron chi connectivity index (χ4n) is 1.34. The normalized spacial score (nSPS) is 11.4. The van der Waals surface area contributed by atoms with Gasteiger partial charge in [0.05, 0.1) is 4.90 Å². The Bertz CT molecular complexity index is 589. The molecule has 0 bridgehead atoms. The van der Waals surface area contributed by atoms with Crippen molar-refractivity contribution < 1.29 is 8.42 Å². The van der Waals surface area contributed by atoms with Gasteiger partial charge >= 0.3 is 0 Å². The highest BCUT2D eigenvalue weighted by atomic mass is 32.2. The van der Waals surface area contributed by atoms with Gasteiger partial charge in [-0.25, -0.2) is 17.7 Å². The Morgan fingerprint density at radius 1 is 1.24 bits per heavy atom. The van der Waals surface area contributed by atoms with Gasteiger partial charge in [-0.15, -0.1) is 11.3 Å². The number of aryl methyl sites for hydroxylation is 1. The molecule has 2 rings (SSSR count). The summed E-state index contributed by atoms with van der Waals surface area (Å²) in [5, 5.41) is 2.21. The molecule has 0 unspecified atom stereocenters. The van der Waals surface area contributed by atoms with Gasteiger partial charge in [-0.05, 0) is 19.1 Å². The van der Waals surface area contributed by atoms with Crippen molar-refractivity contribution in [3.63, 3.8) is 0 Å². The largest absolute Gasteiger partial charge is 0.265 e. The van der Waals surface area contributed by atoms with Crippen molar-refractivity contribution in [1.82, 2.24) is 4.98 Å². The number of anilines is 1. The Hall–Kier alpha value is -1.40. The molecule has 0 radical (unpaired) electrons. The molecule has 0 fully saturated rings. The van der Waals surface area contributed by atoms with Crippen LogP contribution in [-0.2, 0) is 10.0 Å². The lowest BCUT2D eigenvalue weighted by molar-refractivity contribution is 0.594. The fourth-order valence-corrected chi connectivity index (χ4v) is 3.33. The number of aromatic nitrogens is 1. The number of hydrogen-bond acceptors (Lipinski definition) is 4. The molecule has 0 spiro atoms. The van der Waals surface area contributed by atoms with Crippen LogP contribution in [0.2, 0.25) is 0 Å². The Morgan fingerprint density at radius 3 is 2.41 bits per heavy atom. The van der Waals surface area contributed by atoms with Crippen LogP contribution in [0.5, 0.6) is 0 Å². The topological polar surface area (TPSA) is 50.3 Å². The molecule has 0 amide bonds. The molecule has 0 atom stereocenters. The maximum Gasteiger partial charge on any atom is 0.265 e. The number of rotatable bonds is 3. The van der Waals surface area contributed by atoms with Gasteiger partial charge in [0.15, 0.2) is 5.13 Å². The van der Waals surface area contributed by atoms with Gasteiger partial charge in [0.25, 0.3) is 10.0 Å². The first-order valence-corrected chi connectivity index (χ1v) is 7.29. The van der Waals surface area contributed by atoms with Gasteiger partial charge in [0.1, 0.15) is 0 Å². The van der Waals surface area contributed by atoms with Crippen LogP contribution < -0.4 is 4.31 Å². The van der Waals surface area contributed by atoms with Crippen LogP contribution in [0, 0.1) is 6.92 Å². The van der Waals surface area contributed by atoms with E-state index in [1.807, 2.05) is 6.92 Å². The first-order chi connectivity index (χ1) is 8.01. The lowest BCUT2D eigenvalue weighted by atomic mass is 10.2. The quantitative estimate of drug-likeness (QED) is 0.858. The fraction of sp³-hybridized carbons (Fsp3) is 0.182. The van der Waals surface area contributed by atoms with E-state index in [1.54, 1.807) is 35.8 Å². The molecule has 0 aliphatic heterocycles. The van der Waals surface area contributed by atoms with Crippen LogP contribution in [0.15, 0.2) is 40.7 Å². The molecular weight excluding hydrogens is 256 g/mol. The van der Waals surface area contributed by atoms with Crippen molar-refractivity contribution in [2.45, 2.75) is 11.8 Å². The van der Waals surface area contributed by atoms with Crippen LogP contribution in [0.4, 0.5) is 5.13 Å². The van der Waals surface area contributed by atoms with Crippen LogP contribution in [-0.4, -0.2) is 20.4 Å². The predicted octanol–water partition coefficient (Wildman–Crippen LogP) is 2.28. The molecule has 90 valence electrons. The predicted molar refractivity (Wildman–Crippen MR) is 68.9 cm³/mol. The minimum atomic E-state index is -3.50. The van der Waals surface area contributed by atoms with Gasteiger partial charge in [0.2, 0.25) is 0 Å². The number of nitrogens with zero attached hydrogens (tertiary/aromatic N) is 2. The lowest BCUT2D eigenvalue weighted by Crippen LogP contribution is -2.26. The SMILES string of the molecule is Cc1ccc(S(=O)(=O)N(C)c2nccs2)cc1. The molecular formula is C11H12N2O2S2. The molecule has 0 N–H and O–H groups in total. The second kappa shape index (κ2) is 4.46. The summed E-state index contributed by atoms with van der Waals surface area (Å²) in [5.41, 5.74) is 1.03. The van der Waals surface area contributed by atoms with Gasteiger partial charge in [-0.3, -0.25) is 0 Å². The van der Waals surface area contributed by atoms with E-state index in [0.29, 0.717) is 5.13 Å². The van der Waals surface area contributed by atoms with Crippen LogP contribution in [0.3, 0.4) is 0 Å². The third-order valence-electron chi connectivity index (χ3n) is 2.37. The Labute approximate surface area is 105 Å². The van der Waals surface area contributed by atoms with Crippen molar-refractivity contribution in [3.05, 3.63) is 41.4 Å². The average molecular weight is 268 g/mol. The highest BCUT2D eigenvalue weighted by Crippen LogP contribution is 2.23. The van der Waals surface area contributed by atoms with Gasteiger partial charge in [-0.2, -0.15) is 0 Å². The van der Waals surface area contributed by atoms with Crippen molar-refractivity contribution in [2.24, 2.45) is 0 Å². The van der Waals surface area contributed by atoms with Crippen LogP contribution >= 0.6 is 11.3 Å². The van der Waals surface area contributed by atoms with E-state index in [2.05, 4.69) is 4.98 Å². The highest BCUT2D eigenvalue weighted by molar-refractivity contribution is 7.93. The van der Waals surface area contributed by atoms with Crippen molar-refractivity contribution in [1.29, 1.82) is 0 Å². The Balaban J connectivity index is 2.40. The number of hydrogen-bond donors (Lipinski definition) is 0. The molecule has 0 saturated heterocycles. The van der Waals surface area contributed by atoms with E-state index in [-0.39, 0.29) is 4.90 Å². The number of benzene rings is 1. The monoisotopic (exact) mass is 268 g/mol. The second-order valence-electron chi connectivity index (χ2n) is 3.60. The first-order valence-electron chi connectivity index (χ1n) is 4.97. The second-order valence-corrected chi connectivity index (χ2v) is 6.44. The lowest BCUT2D eigenvalue weighted by Gasteiger charge is -2.16. The van der Waals surface area contributed by atoms with Crippen molar-refractivity contribution in [3.8, 4) is 0 Å².